The van der Waals surface area contributed by atoms with Crippen molar-refractivity contribution in [2.24, 2.45) is 0 Å². The third kappa shape index (κ3) is 1.96. The Morgan fingerprint density at radius 3 is 3.06 bits per heavy atom. The van der Waals surface area contributed by atoms with Gasteiger partial charge < -0.3 is 9.88 Å². The monoisotopic (exact) mass is 228 g/mol. The van der Waals surface area contributed by atoms with Crippen molar-refractivity contribution in [1.82, 2.24) is 24.1 Å². The summed E-state index contributed by atoms with van der Waals surface area (Å²) in [5, 5.41) is 7.45. The second-order valence-corrected chi connectivity index (χ2v) is 3.66. The number of hydrogen-bond acceptors (Lipinski definition) is 4. The normalized spacial score (nSPS) is 10.8. The van der Waals surface area contributed by atoms with Crippen LogP contribution in [-0.2, 0) is 6.54 Å². The Hall–Kier alpha value is -2.37. The highest BCUT2D eigenvalue weighted by Gasteiger charge is 2.01. The molecule has 3 rings (SSSR count). The van der Waals surface area contributed by atoms with E-state index in [2.05, 4.69) is 20.4 Å². The van der Waals surface area contributed by atoms with Crippen LogP contribution in [0.1, 0.15) is 0 Å². The van der Waals surface area contributed by atoms with E-state index in [9.17, 15) is 0 Å². The minimum Gasteiger partial charge on any atom is -0.366 e. The van der Waals surface area contributed by atoms with Crippen LogP contribution in [0.3, 0.4) is 0 Å². The maximum absolute atomic E-state index is 4.30. The van der Waals surface area contributed by atoms with Crippen molar-refractivity contribution in [1.29, 1.82) is 0 Å². The van der Waals surface area contributed by atoms with Crippen molar-refractivity contribution in [3.63, 3.8) is 0 Å². The first-order chi connectivity index (χ1) is 8.43. The Balaban J connectivity index is 1.70. The van der Waals surface area contributed by atoms with Crippen LogP contribution in [0.2, 0.25) is 0 Å². The largest absolute Gasteiger partial charge is 0.366 e. The molecule has 0 radical (unpaired) electrons. The molecule has 0 aliphatic heterocycles. The van der Waals surface area contributed by atoms with E-state index in [4.69, 9.17) is 0 Å². The number of aromatic nitrogens is 5. The summed E-state index contributed by atoms with van der Waals surface area (Å²) in [7, 11) is 0. The van der Waals surface area contributed by atoms with E-state index in [1.54, 1.807) is 29.4 Å². The molecule has 0 aliphatic carbocycles. The molecule has 1 N–H and O–H groups in total. The molecular formula is C11H12N6. The maximum Gasteiger partial charge on any atom is 0.152 e. The van der Waals surface area contributed by atoms with Crippen molar-refractivity contribution in [3.8, 4) is 0 Å². The van der Waals surface area contributed by atoms with Gasteiger partial charge >= 0.3 is 0 Å². The summed E-state index contributed by atoms with van der Waals surface area (Å²) in [5.41, 5.74) is 0.984. The summed E-state index contributed by atoms with van der Waals surface area (Å²) in [6.07, 6.45) is 10.8. The smallest absolute Gasteiger partial charge is 0.152 e. The second kappa shape index (κ2) is 4.25. The maximum atomic E-state index is 4.30. The lowest BCUT2D eigenvalue weighted by atomic mass is 10.4. The number of rotatable bonds is 4. The molecule has 3 aromatic heterocycles. The van der Waals surface area contributed by atoms with E-state index < -0.39 is 0 Å². The van der Waals surface area contributed by atoms with Gasteiger partial charge in [-0.25, -0.2) is 14.5 Å². The van der Waals surface area contributed by atoms with E-state index in [1.807, 2.05) is 23.0 Å². The molecule has 0 fully saturated rings. The zero-order valence-corrected chi connectivity index (χ0v) is 9.19. The van der Waals surface area contributed by atoms with E-state index in [0.29, 0.717) is 0 Å². The summed E-state index contributed by atoms with van der Waals surface area (Å²) < 4.78 is 3.82. The highest BCUT2D eigenvalue weighted by Crippen LogP contribution is 2.11. The van der Waals surface area contributed by atoms with E-state index in [1.165, 1.54) is 0 Å². The Labute approximate surface area is 97.9 Å². The SMILES string of the molecule is c1cn(CCNc2nccn3nccc23)cn1. The lowest BCUT2D eigenvalue weighted by Crippen LogP contribution is -2.10. The van der Waals surface area contributed by atoms with Crippen LogP contribution in [0, 0.1) is 0 Å². The van der Waals surface area contributed by atoms with Crippen LogP contribution in [0.5, 0.6) is 0 Å². The molecule has 6 heteroatoms. The van der Waals surface area contributed by atoms with E-state index in [0.717, 1.165) is 24.4 Å². The molecule has 17 heavy (non-hydrogen) atoms. The molecule has 0 spiro atoms. The van der Waals surface area contributed by atoms with Gasteiger partial charge in [0.1, 0.15) is 5.52 Å². The van der Waals surface area contributed by atoms with Crippen molar-refractivity contribution in [3.05, 3.63) is 43.4 Å². The quantitative estimate of drug-likeness (QED) is 0.724. The molecule has 86 valence electrons. The first-order valence-electron chi connectivity index (χ1n) is 5.41. The van der Waals surface area contributed by atoms with Crippen LogP contribution in [0.25, 0.3) is 5.52 Å². The molecule has 3 aromatic rings. The second-order valence-electron chi connectivity index (χ2n) is 3.66. The molecule has 0 aliphatic rings. The number of fused-ring (bicyclic) bond motifs is 1. The molecule has 0 saturated heterocycles. The average molecular weight is 228 g/mol. The third-order valence-corrected chi connectivity index (χ3v) is 2.55. The van der Waals surface area contributed by atoms with Crippen LogP contribution in [0.4, 0.5) is 5.82 Å². The predicted molar refractivity (Wildman–Crippen MR) is 63.7 cm³/mol. The molecule has 3 heterocycles. The Morgan fingerprint density at radius 1 is 1.18 bits per heavy atom. The summed E-state index contributed by atoms with van der Waals surface area (Å²) in [6, 6.07) is 1.94. The summed E-state index contributed by atoms with van der Waals surface area (Å²) in [4.78, 5) is 8.30. The molecule has 0 aromatic carbocycles. The Kier molecular flexibility index (Phi) is 2.45. The minimum absolute atomic E-state index is 0.800. The zero-order valence-electron chi connectivity index (χ0n) is 9.19. The van der Waals surface area contributed by atoms with Gasteiger partial charge in [-0.15, -0.1) is 0 Å². The number of anilines is 1. The predicted octanol–water partition coefficient (Wildman–Crippen LogP) is 1.04. The van der Waals surface area contributed by atoms with Crippen LogP contribution < -0.4 is 5.32 Å². The zero-order chi connectivity index (χ0) is 11.5. The summed E-state index contributed by atoms with van der Waals surface area (Å²) in [5.74, 6) is 0.852. The molecule has 6 nitrogen and oxygen atoms in total. The lowest BCUT2D eigenvalue weighted by Gasteiger charge is -2.07. The van der Waals surface area contributed by atoms with Gasteiger partial charge in [-0.05, 0) is 6.07 Å². The van der Waals surface area contributed by atoms with E-state index >= 15 is 0 Å². The van der Waals surface area contributed by atoms with Crippen LogP contribution in [0.15, 0.2) is 43.4 Å². The third-order valence-electron chi connectivity index (χ3n) is 2.55. The van der Waals surface area contributed by atoms with Gasteiger partial charge in [0.2, 0.25) is 0 Å². The molecule has 0 unspecified atom stereocenters. The van der Waals surface area contributed by atoms with Crippen molar-refractivity contribution in [2.45, 2.75) is 6.54 Å². The van der Waals surface area contributed by atoms with E-state index in [-0.39, 0.29) is 0 Å². The lowest BCUT2D eigenvalue weighted by molar-refractivity contribution is 0.725. The number of nitrogens with zero attached hydrogens (tertiary/aromatic N) is 5. The standard InChI is InChI=1S/C11H12N6/c1-2-15-17-8-5-14-11(10(1)17)13-4-7-16-6-3-12-9-16/h1-3,5-6,8-9H,4,7H2,(H,13,14). The highest BCUT2D eigenvalue weighted by molar-refractivity contribution is 5.66. The van der Waals surface area contributed by atoms with Gasteiger partial charge in [-0.1, -0.05) is 0 Å². The topological polar surface area (TPSA) is 60.0 Å². The Morgan fingerprint density at radius 2 is 2.18 bits per heavy atom. The van der Waals surface area contributed by atoms with Crippen molar-refractivity contribution < 1.29 is 0 Å². The van der Waals surface area contributed by atoms with Gasteiger partial charge in [-0.3, -0.25) is 0 Å². The molecule has 0 atom stereocenters. The fraction of sp³-hybridized carbons (Fsp3) is 0.182. The number of hydrogen-bond donors (Lipinski definition) is 1. The fourth-order valence-electron chi connectivity index (χ4n) is 1.72. The minimum atomic E-state index is 0.800. The van der Waals surface area contributed by atoms with Gasteiger partial charge in [0.15, 0.2) is 5.82 Å². The first kappa shape index (κ1) is 9.83. The Bertz CT molecular complexity index is 597. The van der Waals surface area contributed by atoms with Crippen molar-refractivity contribution >= 4 is 11.3 Å². The number of imidazole rings is 1. The number of nitrogens with one attached hydrogen (secondary N) is 1. The summed E-state index contributed by atoms with van der Waals surface area (Å²) in [6.45, 7) is 1.66. The molecule has 0 bridgehead atoms. The van der Waals surface area contributed by atoms with Gasteiger partial charge in [0.25, 0.3) is 0 Å². The van der Waals surface area contributed by atoms with Gasteiger partial charge in [-0.2, -0.15) is 5.10 Å². The van der Waals surface area contributed by atoms with Crippen LogP contribution in [-0.4, -0.2) is 30.7 Å². The van der Waals surface area contributed by atoms with Gasteiger partial charge in [0, 0.05) is 37.9 Å². The molecule has 0 saturated carbocycles. The average Bonchev–Trinajstić information content (AvgIpc) is 2.99. The highest BCUT2D eigenvalue weighted by atomic mass is 15.2. The van der Waals surface area contributed by atoms with Crippen molar-refractivity contribution in [2.75, 3.05) is 11.9 Å². The van der Waals surface area contributed by atoms with Gasteiger partial charge in [0.05, 0.1) is 12.5 Å². The molecule has 0 amide bonds. The first-order valence-corrected chi connectivity index (χ1v) is 5.41. The fourth-order valence-corrected chi connectivity index (χ4v) is 1.72. The van der Waals surface area contributed by atoms with Crippen LogP contribution >= 0.6 is 0 Å². The summed E-state index contributed by atoms with van der Waals surface area (Å²) >= 11 is 0. The molecular weight excluding hydrogens is 216 g/mol.